The van der Waals surface area contributed by atoms with Crippen molar-refractivity contribution in [3.63, 3.8) is 0 Å². The molecule has 0 unspecified atom stereocenters. The Hall–Kier alpha value is -1.38. The maximum Gasteiger partial charge on any atom is 0.416 e. The van der Waals surface area contributed by atoms with Gasteiger partial charge in [0.05, 0.1) is 10.5 Å². The van der Waals surface area contributed by atoms with Crippen LogP contribution in [0.15, 0.2) is 46.7 Å². The summed E-state index contributed by atoms with van der Waals surface area (Å²) < 4.78 is 64.7. The van der Waals surface area contributed by atoms with Gasteiger partial charge in [0.25, 0.3) is 0 Å². The second-order valence-electron chi connectivity index (χ2n) is 5.38. The van der Waals surface area contributed by atoms with Gasteiger partial charge >= 0.3 is 6.18 Å². The van der Waals surface area contributed by atoms with Gasteiger partial charge in [0.2, 0.25) is 10.0 Å². The molecule has 1 aliphatic carbocycles. The van der Waals surface area contributed by atoms with Crippen LogP contribution in [0, 0.1) is 0 Å². The fourth-order valence-electron chi connectivity index (χ4n) is 2.28. The van der Waals surface area contributed by atoms with Crippen molar-refractivity contribution < 1.29 is 21.6 Å². The lowest BCUT2D eigenvalue weighted by Crippen LogP contribution is -2.32. The summed E-state index contributed by atoms with van der Waals surface area (Å²) in [7, 11) is -3.80. The van der Waals surface area contributed by atoms with Gasteiger partial charge in [-0.05, 0) is 48.6 Å². The van der Waals surface area contributed by atoms with E-state index in [2.05, 4.69) is 0 Å². The van der Waals surface area contributed by atoms with Crippen molar-refractivity contribution in [3.05, 3.63) is 52.2 Å². The van der Waals surface area contributed by atoms with Crippen LogP contribution in [0.2, 0.25) is 0 Å². The standard InChI is InChI=1S/C15H14F3NO2S2/c16-15(17,18)11-3-7-14(8-4-11)23(20,21)19(12-5-6-12)10-13-2-1-9-22-13/h1-4,7-9,12H,5-6,10H2. The molecule has 0 atom stereocenters. The van der Waals surface area contributed by atoms with E-state index >= 15 is 0 Å². The van der Waals surface area contributed by atoms with Crippen LogP contribution in [0.25, 0.3) is 0 Å². The molecule has 1 aromatic carbocycles. The topological polar surface area (TPSA) is 37.4 Å². The Bertz CT molecular complexity index is 764. The van der Waals surface area contributed by atoms with E-state index in [1.807, 2.05) is 17.5 Å². The smallest absolute Gasteiger partial charge is 0.207 e. The molecule has 1 aliphatic rings. The lowest BCUT2D eigenvalue weighted by Gasteiger charge is -2.21. The number of nitrogens with zero attached hydrogens (tertiary/aromatic N) is 1. The van der Waals surface area contributed by atoms with Gasteiger partial charge in [-0.3, -0.25) is 0 Å². The van der Waals surface area contributed by atoms with Crippen LogP contribution in [-0.4, -0.2) is 18.8 Å². The second kappa shape index (κ2) is 5.92. The van der Waals surface area contributed by atoms with E-state index in [0.717, 1.165) is 42.0 Å². The average Bonchev–Trinajstić information content (AvgIpc) is 3.20. The van der Waals surface area contributed by atoms with E-state index in [4.69, 9.17) is 0 Å². The number of rotatable bonds is 5. The fraction of sp³-hybridized carbons (Fsp3) is 0.333. The largest absolute Gasteiger partial charge is 0.416 e. The molecule has 0 radical (unpaired) electrons. The number of halogens is 3. The Morgan fingerprint density at radius 2 is 1.78 bits per heavy atom. The van der Waals surface area contributed by atoms with Crippen LogP contribution >= 0.6 is 11.3 Å². The van der Waals surface area contributed by atoms with Crippen LogP contribution in [0.3, 0.4) is 0 Å². The molecule has 1 aromatic heterocycles. The van der Waals surface area contributed by atoms with E-state index in [9.17, 15) is 21.6 Å². The molecular formula is C15H14F3NO2S2. The van der Waals surface area contributed by atoms with Crippen molar-refractivity contribution in [2.24, 2.45) is 0 Å². The quantitative estimate of drug-likeness (QED) is 0.803. The van der Waals surface area contributed by atoms with E-state index in [1.54, 1.807) is 0 Å². The molecule has 3 nitrogen and oxygen atoms in total. The maximum atomic E-state index is 12.8. The highest BCUT2D eigenvalue weighted by Gasteiger charge is 2.38. The number of sulfonamides is 1. The zero-order valence-corrected chi connectivity index (χ0v) is 13.6. The number of hydrogen-bond acceptors (Lipinski definition) is 3. The molecule has 0 N–H and O–H groups in total. The molecule has 0 aliphatic heterocycles. The van der Waals surface area contributed by atoms with Gasteiger partial charge in [0.15, 0.2) is 0 Å². The molecule has 1 heterocycles. The molecule has 0 bridgehead atoms. The summed E-state index contributed by atoms with van der Waals surface area (Å²) in [4.78, 5) is 0.807. The van der Waals surface area contributed by atoms with E-state index in [1.165, 1.54) is 15.6 Å². The van der Waals surface area contributed by atoms with Gasteiger partial charge in [-0.15, -0.1) is 11.3 Å². The molecule has 1 fully saturated rings. The zero-order valence-electron chi connectivity index (χ0n) is 12.0. The normalized spacial score (nSPS) is 16.0. The first-order valence-corrected chi connectivity index (χ1v) is 9.32. The van der Waals surface area contributed by atoms with Crippen molar-refractivity contribution in [1.29, 1.82) is 0 Å². The van der Waals surface area contributed by atoms with Gasteiger partial charge in [0, 0.05) is 17.5 Å². The molecule has 23 heavy (non-hydrogen) atoms. The minimum Gasteiger partial charge on any atom is -0.207 e. The first-order chi connectivity index (χ1) is 10.8. The highest BCUT2D eigenvalue weighted by atomic mass is 32.2. The molecule has 8 heteroatoms. The van der Waals surface area contributed by atoms with Crippen LogP contribution < -0.4 is 0 Å². The fourth-order valence-corrected chi connectivity index (χ4v) is 4.73. The van der Waals surface area contributed by atoms with Gasteiger partial charge in [-0.1, -0.05) is 6.07 Å². The van der Waals surface area contributed by atoms with Crippen LogP contribution in [0.4, 0.5) is 13.2 Å². The van der Waals surface area contributed by atoms with Crippen molar-refractivity contribution in [2.75, 3.05) is 0 Å². The predicted molar refractivity (Wildman–Crippen MR) is 81.5 cm³/mol. The van der Waals surface area contributed by atoms with Crippen molar-refractivity contribution in [1.82, 2.24) is 4.31 Å². The lowest BCUT2D eigenvalue weighted by molar-refractivity contribution is -0.137. The minimum absolute atomic E-state index is 0.0654. The third-order valence-electron chi connectivity index (χ3n) is 3.63. The monoisotopic (exact) mass is 361 g/mol. The number of thiophene rings is 1. The SMILES string of the molecule is O=S(=O)(c1ccc(C(F)(F)F)cc1)N(Cc1cccs1)C1CC1. The van der Waals surface area contributed by atoms with Crippen molar-refractivity contribution >= 4 is 21.4 Å². The van der Waals surface area contributed by atoms with Crippen molar-refractivity contribution in [2.45, 2.75) is 36.5 Å². The third-order valence-corrected chi connectivity index (χ3v) is 6.41. The molecule has 3 rings (SSSR count). The first kappa shape index (κ1) is 16.5. The Labute approximate surface area is 136 Å². The summed E-state index contributed by atoms with van der Waals surface area (Å²) in [5.74, 6) is 0. The summed E-state index contributed by atoms with van der Waals surface area (Å²) in [5, 5.41) is 1.87. The summed E-state index contributed by atoms with van der Waals surface area (Å²) >= 11 is 1.46. The Morgan fingerprint density at radius 1 is 1.13 bits per heavy atom. The molecule has 2 aromatic rings. The zero-order chi connectivity index (χ0) is 16.7. The van der Waals surface area contributed by atoms with E-state index < -0.39 is 21.8 Å². The Morgan fingerprint density at radius 3 is 2.26 bits per heavy atom. The van der Waals surface area contributed by atoms with Crippen LogP contribution in [-0.2, 0) is 22.7 Å². The number of alkyl halides is 3. The average molecular weight is 361 g/mol. The summed E-state index contributed by atoms with van der Waals surface area (Å²) in [6.07, 6.45) is -2.91. The maximum absolute atomic E-state index is 12.8. The second-order valence-corrected chi connectivity index (χ2v) is 8.31. The number of hydrogen-bond donors (Lipinski definition) is 0. The molecular weight excluding hydrogens is 347 g/mol. The number of benzene rings is 1. The Kier molecular flexibility index (Phi) is 4.24. The highest BCUT2D eigenvalue weighted by Crippen LogP contribution is 2.35. The van der Waals surface area contributed by atoms with E-state index in [-0.39, 0.29) is 17.5 Å². The van der Waals surface area contributed by atoms with Crippen LogP contribution in [0.1, 0.15) is 23.3 Å². The van der Waals surface area contributed by atoms with Crippen LogP contribution in [0.5, 0.6) is 0 Å². The van der Waals surface area contributed by atoms with E-state index in [0.29, 0.717) is 0 Å². The molecule has 1 saturated carbocycles. The predicted octanol–water partition coefficient (Wildman–Crippen LogP) is 4.12. The molecule has 0 spiro atoms. The summed E-state index contributed by atoms with van der Waals surface area (Å²) in [6.45, 7) is 0.256. The van der Waals surface area contributed by atoms with Crippen molar-refractivity contribution in [3.8, 4) is 0 Å². The van der Waals surface area contributed by atoms with Gasteiger partial charge < -0.3 is 0 Å². The van der Waals surface area contributed by atoms with Gasteiger partial charge in [-0.25, -0.2) is 8.42 Å². The Balaban J connectivity index is 1.89. The molecule has 0 amide bonds. The van der Waals surface area contributed by atoms with Gasteiger partial charge in [-0.2, -0.15) is 17.5 Å². The highest BCUT2D eigenvalue weighted by molar-refractivity contribution is 7.89. The molecule has 124 valence electrons. The summed E-state index contributed by atoms with van der Waals surface area (Å²) in [6, 6.07) is 7.30. The first-order valence-electron chi connectivity index (χ1n) is 7.00. The van der Waals surface area contributed by atoms with Gasteiger partial charge in [0.1, 0.15) is 0 Å². The lowest BCUT2D eigenvalue weighted by atomic mass is 10.2. The minimum atomic E-state index is -4.48. The third kappa shape index (κ3) is 3.59. The summed E-state index contributed by atoms with van der Waals surface area (Å²) in [5.41, 5.74) is -0.854. The molecule has 0 saturated heterocycles.